The van der Waals surface area contributed by atoms with Crippen molar-refractivity contribution >= 4 is 149 Å². The normalized spacial score (nSPS) is 14.6. The second-order valence-electron chi connectivity index (χ2n) is 30.3. The molecule has 0 bridgehead atoms. The van der Waals surface area contributed by atoms with Crippen LogP contribution in [0.15, 0.2) is 60.7 Å². The molecule has 0 spiro atoms. The Labute approximate surface area is 733 Å². The molecule has 0 aliphatic carbocycles. The number of ether oxygens (including phenoxy) is 2. The number of primary amides is 1. The van der Waals surface area contributed by atoms with Crippen molar-refractivity contribution in [3.8, 4) is 0 Å². The minimum atomic E-state index is -1.99. The van der Waals surface area contributed by atoms with Gasteiger partial charge < -0.3 is 134 Å². The highest BCUT2D eigenvalue weighted by Gasteiger charge is 2.39. The molecule has 31 N–H and O–H groups in total. The lowest BCUT2D eigenvalue weighted by atomic mass is 9.96. The van der Waals surface area contributed by atoms with Gasteiger partial charge in [-0.1, -0.05) is 135 Å². The molecule has 0 fully saturated rings. The van der Waals surface area contributed by atoms with E-state index in [4.69, 9.17) is 66.9 Å². The molecule has 0 saturated carbocycles. The number of benzene rings is 2. The lowest BCUT2D eigenvalue weighted by Gasteiger charge is -2.30. The average Bonchev–Trinajstić information content (AvgIpc) is 0.835. The third-order valence-electron chi connectivity index (χ3n) is 18.8. The highest BCUT2D eigenvalue weighted by Crippen LogP contribution is 2.16. The molecule has 0 radical (unpaired) electrons. The van der Waals surface area contributed by atoms with Crippen LogP contribution in [0.1, 0.15) is 131 Å². The van der Waals surface area contributed by atoms with Gasteiger partial charge in [-0.2, -0.15) is 12.6 Å². The highest BCUT2D eigenvalue weighted by molar-refractivity contribution is 7.80. The first-order valence-electron chi connectivity index (χ1n) is 40.3. The summed E-state index contributed by atoms with van der Waals surface area (Å²) in [6.07, 6.45) is -2.38. The Balaban J connectivity index is 2.62. The maximum Gasteiger partial charge on any atom is 0.336 e. The highest BCUT2D eigenvalue weighted by atomic mass is 32.1. The minimum absolute atomic E-state index is 0.000318. The molecule has 0 aromatic heterocycles. The number of hydrogen-bond acceptors (Lipinski definition) is 29. The van der Waals surface area contributed by atoms with Gasteiger partial charge in [0, 0.05) is 43.5 Å². The van der Waals surface area contributed by atoms with E-state index in [1.807, 2.05) is 0 Å². The third kappa shape index (κ3) is 41.9. The number of esters is 4. The maximum atomic E-state index is 14.6. The fraction of sp³-hybridized carbons (Fsp3) is 0.577. The SMILES string of the molecule is CC[C@H](C)[C@H](NC(=O)[C@H](CCCNC(=N)N)NC(=O)[C@H](CC(C)C)NC(=O)[C@@H](N)Cc1ccccc1)C(=O)N[C@H](C(=O)OC(=O)CC[C@H](NC(=O)[C@@H](NC(=O)[C@H](CO)NC(=O)[C@H](CCCNC(=N)N)NC(=O)[C@H](C=S)NC(=O)[C@@H](N)CCC(N)=O)C(C)C)C(=O)NCC(=O)OC(=O)[C@H](Cc1ccccc1)NC(=O)CNC(=O)[C@H](CS)NC(=O)[C@@H](N)CO)C(C)C. The van der Waals surface area contributed by atoms with Gasteiger partial charge in [-0.3, -0.25) is 82.7 Å². The van der Waals surface area contributed by atoms with E-state index >= 15 is 0 Å². The Bertz CT molecular complexity index is 4020. The average molecular weight is 1800 g/mol. The number of guanidine groups is 2. The molecule has 0 unspecified atom stereocenters. The van der Waals surface area contributed by atoms with Crippen LogP contribution in [0.4, 0.5) is 0 Å². The Morgan fingerprint density at radius 3 is 1.38 bits per heavy atom. The monoisotopic (exact) mass is 1800 g/mol. The van der Waals surface area contributed by atoms with Crippen molar-refractivity contribution in [1.82, 2.24) is 79.8 Å². The molecule has 2 rings (SSSR count). The number of carbonyl (C=O) groups is 18. The van der Waals surface area contributed by atoms with Crippen molar-refractivity contribution in [3.63, 3.8) is 0 Å². The van der Waals surface area contributed by atoms with Crippen molar-refractivity contribution in [2.24, 2.45) is 58.1 Å². The van der Waals surface area contributed by atoms with Crippen LogP contribution in [-0.4, -0.2) is 264 Å². The molecule has 2 aromatic rings. The number of hydrogen-bond donors (Lipinski definition) is 26. The third-order valence-corrected chi connectivity index (χ3v) is 19.5. The molecule has 14 amide bonds. The van der Waals surface area contributed by atoms with E-state index in [-0.39, 0.29) is 94.9 Å². The number of rotatable bonds is 57. The van der Waals surface area contributed by atoms with E-state index in [2.05, 4.69) is 92.4 Å². The van der Waals surface area contributed by atoms with Gasteiger partial charge >= 0.3 is 23.9 Å². The summed E-state index contributed by atoms with van der Waals surface area (Å²) in [5.74, 6) is -23.4. The van der Waals surface area contributed by atoms with Crippen LogP contribution >= 0.6 is 24.8 Å². The summed E-state index contributed by atoms with van der Waals surface area (Å²) in [7, 11) is 0. The summed E-state index contributed by atoms with van der Waals surface area (Å²) in [4.78, 5) is 246. The van der Waals surface area contributed by atoms with Crippen molar-refractivity contribution < 1.29 is 106 Å². The van der Waals surface area contributed by atoms with Crippen molar-refractivity contribution in [2.75, 3.05) is 45.1 Å². The topological polar surface area (TPSA) is 750 Å². The number of aliphatic hydroxyl groups is 2. The summed E-state index contributed by atoms with van der Waals surface area (Å²) in [5.41, 5.74) is 34.9. The van der Waals surface area contributed by atoms with Crippen LogP contribution in [0, 0.1) is 34.5 Å². The quantitative estimate of drug-likeness (QED) is 0.00556. The van der Waals surface area contributed by atoms with Gasteiger partial charge in [-0.25, -0.2) is 14.4 Å². The van der Waals surface area contributed by atoms with E-state index in [0.29, 0.717) is 5.56 Å². The zero-order chi connectivity index (χ0) is 94.3. The summed E-state index contributed by atoms with van der Waals surface area (Å²) in [5, 5.41) is 72.2. The Morgan fingerprint density at radius 2 is 0.872 bits per heavy atom. The Kier molecular flexibility index (Phi) is 50.2. The van der Waals surface area contributed by atoms with Crippen LogP contribution in [-0.2, 0) is 109 Å². The van der Waals surface area contributed by atoms with E-state index in [9.17, 15) is 96.5 Å². The van der Waals surface area contributed by atoms with Gasteiger partial charge in [0.15, 0.2) is 11.9 Å². The fourth-order valence-corrected chi connectivity index (χ4v) is 12.0. The van der Waals surface area contributed by atoms with E-state index in [1.54, 1.807) is 88.4 Å². The lowest BCUT2D eigenvalue weighted by molar-refractivity contribution is -0.164. The molecule has 0 aliphatic rings. The van der Waals surface area contributed by atoms with Crippen LogP contribution < -0.4 is 114 Å². The number of nitrogens with one attached hydrogen (secondary N) is 17. The van der Waals surface area contributed by atoms with Crippen molar-refractivity contribution in [1.29, 1.82) is 10.8 Å². The minimum Gasteiger partial charge on any atom is -0.394 e. The molecule has 45 nitrogen and oxygen atoms in total. The molecular weight excluding hydrogens is 1680 g/mol. The standard InChI is InChI=1S/C78H123N23O22S2/c1-9-42(8)62(101-69(114)49(23-17-29-88-78(85)86)92-70(115)51(30-39(2)3)95-64(109)46(80)31-43-18-12-10-13-19-43)74(119)100-61(41(6)7)76(121)122-58(106)27-25-50(66(111)90-34-59(107)123-75(120)52(32-44-20-14-11-15-21-44)91-57(105)33-89-67(112)54(37-124)97-65(110)47(81)35-102)94-73(118)60(40(4)5)99-71(116)53(36-103)96-68(113)48(22-16-28-87-77(83)84)93-72(117)55(38-125)98-63(108)45(79)24-26-56(82)104/h10-15,18-21,38-42,45-55,60-62,102-103,124H,9,16-17,22-37,79-81H2,1-8H3,(H2,82,104)(H,89,112)(H,90,111)(H,91,105)(H,92,115)(H,93,117)(H,94,118)(H,95,109)(H,96,113)(H,97,110)(H,98,108)(H,99,116)(H,100,119)(H,101,114)(H4,83,84,87)(H4,85,86,88)/t42-,45-,46-,47-,48-,49-,50-,51-,52-,53-,54-,55-,60-,61-,62-/m0/s1. The first-order chi connectivity index (χ1) is 58.9. The number of thiocarbonyl (C=S) groups is 1. The maximum absolute atomic E-state index is 14.6. The molecule has 694 valence electrons. The van der Waals surface area contributed by atoms with Gasteiger partial charge in [-0.05, 0) is 86.2 Å². The predicted molar refractivity (Wildman–Crippen MR) is 460 cm³/mol. The van der Waals surface area contributed by atoms with E-state index < -0.39 is 254 Å². The summed E-state index contributed by atoms with van der Waals surface area (Å²) < 4.78 is 10.3. The second kappa shape index (κ2) is 57.5. The second-order valence-corrected chi connectivity index (χ2v) is 31.0. The zero-order valence-corrected chi connectivity index (χ0v) is 72.8. The predicted octanol–water partition coefficient (Wildman–Crippen LogP) is -7.95. The fourth-order valence-electron chi connectivity index (χ4n) is 11.5. The largest absolute Gasteiger partial charge is 0.394 e. The molecule has 0 heterocycles. The molecule has 15 atom stereocenters. The number of amides is 14. The molecule has 0 saturated heterocycles. The smallest absolute Gasteiger partial charge is 0.336 e. The number of aliphatic hydroxyl groups excluding tert-OH is 2. The van der Waals surface area contributed by atoms with E-state index in [1.165, 1.54) is 27.7 Å². The first-order valence-corrected chi connectivity index (χ1v) is 41.4. The molecule has 47 heteroatoms. The Hall–Kier alpha value is -11.9. The van der Waals surface area contributed by atoms with Gasteiger partial charge in [0.1, 0.15) is 79.0 Å². The molecule has 2 aromatic carbocycles. The first kappa shape index (κ1) is 109. The number of thiol groups is 1. The van der Waals surface area contributed by atoms with Gasteiger partial charge in [-0.15, -0.1) is 0 Å². The summed E-state index contributed by atoms with van der Waals surface area (Å²) >= 11 is 9.01. The number of carbonyl (C=O) groups excluding carboxylic acids is 18. The Morgan fingerprint density at radius 1 is 0.432 bits per heavy atom. The van der Waals surface area contributed by atoms with Crippen LogP contribution in [0.3, 0.4) is 0 Å². The van der Waals surface area contributed by atoms with Crippen molar-refractivity contribution in [2.45, 2.75) is 217 Å². The van der Waals surface area contributed by atoms with Crippen LogP contribution in [0.5, 0.6) is 0 Å². The van der Waals surface area contributed by atoms with Gasteiger partial charge in [0.25, 0.3) is 0 Å². The molecule has 0 aliphatic heterocycles. The van der Waals surface area contributed by atoms with Gasteiger partial charge in [0.2, 0.25) is 82.7 Å². The van der Waals surface area contributed by atoms with Crippen LogP contribution in [0.25, 0.3) is 0 Å². The zero-order valence-electron chi connectivity index (χ0n) is 71.1. The lowest BCUT2D eigenvalue weighted by Crippen LogP contribution is -2.61. The summed E-state index contributed by atoms with van der Waals surface area (Å²) in [6, 6.07) is -4.64. The van der Waals surface area contributed by atoms with Crippen molar-refractivity contribution in [3.05, 3.63) is 71.8 Å². The van der Waals surface area contributed by atoms with E-state index in [0.717, 1.165) is 10.9 Å². The number of nitrogens with two attached hydrogens (primary N) is 6. The van der Waals surface area contributed by atoms with Crippen LogP contribution in [0.2, 0.25) is 0 Å². The molecule has 125 heavy (non-hydrogen) atoms. The summed E-state index contributed by atoms with van der Waals surface area (Å²) in [6.45, 7) is 8.70. The molecular formula is C78H123N23O22S2. The van der Waals surface area contributed by atoms with Gasteiger partial charge in [0.05, 0.1) is 31.8 Å².